The lowest BCUT2D eigenvalue weighted by molar-refractivity contribution is -0.155. The summed E-state index contributed by atoms with van der Waals surface area (Å²) in [6, 6.07) is 1.97. The summed E-state index contributed by atoms with van der Waals surface area (Å²) >= 11 is 8.13. The Labute approximate surface area is 194 Å². The molecule has 0 aromatic carbocycles. The molecule has 32 heavy (non-hydrogen) atoms. The molecule has 0 bridgehead atoms. The number of β-lactam (4-membered cyclic amide) rings is 1. The molecule has 5 N–H and O–H groups in total. The number of allylic oxidation sites excluding steroid dienone is 1. The molecule has 0 radical (unpaired) electrons. The summed E-state index contributed by atoms with van der Waals surface area (Å²) in [6.07, 6.45) is 4.04. The number of thioether (sulfide) groups is 1. The van der Waals surface area contributed by atoms with Crippen LogP contribution in [-0.4, -0.2) is 60.8 Å². The Morgan fingerprint density at radius 2 is 2.09 bits per heavy atom. The zero-order valence-corrected chi connectivity index (χ0v) is 18.4. The summed E-state index contributed by atoms with van der Waals surface area (Å²) in [6.45, 7) is 0. The van der Waals surface area contributed by atoms with Crippen LogP contribution in [0.2, 0.25) is 4.34 Å². The Balaban J connectivity index is 1.53. The highest BCUT2D eigenvalue weighted by molar-refractivity contribution is 8.03. The van der Waals surface area contributed by atoms with Gasteiger partial charge in [0.2, 0.25) is 0 Å². The number of carboxylic acids is 1. The van der Waals surface area contributed by atoms with Crippen LogP contribution in [0.15, 0.2) is 45.2 Å². The van der Waals surface area contributed by atoms with Gasteiger partial charge in [-0.15, -0.1) is 0 Å². The largest absolute Gasteiger partial charge is 0.477 e. The van der Waals surface area contributed by atoms with Crippen molar-refractivity contribution in [1.29, 1.82) is 0 Å². The molecule has 4 heterocycles. The molecule has 0 aliphatic carbocycles. The number of halogens is 1. The number of fused-ring (bicyclic) bond motifs is 1. The SMILES string of the molecule is Nc1nc(C(=NO)C(=O)NC2C(=O)N3C(C(=O)O)=C(Sc4ccncc4)CCC23)c(Cl)s1. The number of anilines is 1. The molecule has 2 atom stereocenters. The van der Waals surface area contributed by atoms with Gasteiger partial charge in [-0.3, -0.25) is 19.5 Å². The van der Waals surface area contributed by atoms with E-state index < -0.39 is 35.6 Å². The standard InChI is InChI=1S/C18H15ClN6O5S2/c19-14-11(23-18(20)32-14)12(24-30)15(26)22-10-8-1-2-9(31-7-3-5-21-6-4-7)13(17(28)29)25(8)16(10)27/h3-6,8,10,30H,1-2H2,(H2,20,23)(H,22,26)(H,28,29). The van der Waals surface area contributed by atoms with Gasteiger partial charge < -0.3 is 21.4 Å². The number of carbonyl (C=O) groups excluding carboxylic acids is 2. The number of nitrogens with one attached hydrogen (secondary N) is 1. The zero-order chi connectivity index (χ0) is 23.0. The Bertz CT molecular complexity index is 1170. The fourth-order valence-electron chi connectivity index (χ4n) is 3.55. The first-order valence-electron chi connectivity index (χ1n) is 9.14. The van der Waals surface area contributed by atoms with E-state index in [1.54, 1.807) is 24.5 Å². The predicted octanol–water partition coefficient (Wildman–Crippen LogP) is 1.53. The fraction of sp³-hybridized carbons (Fsp3) is 0.222. The molecule has 2 unspecified atom stereocenters. The molecule has 2 amide bonds. The van der Waals surface area contributed by atoms with Crippen LogP contribution in [0.5, 0.6) is 0 Å². The van der Waals surface area contributed by atoms with E-state index in [2.05, 4.69) is 20.4 Å². The number of rotatable bonds is 6. The number of nitrogen functional groups attached to an aromatic ring is 1. The molecule has 0 spiro atoms. The Morgan fingerprint density at radius 3 is 2.69 bits per heavy atom. The van der Waals surface area contributed by atoms with Crippen LogP contribution in [0.3, 0.4) is 0 Å². The first-order valence-corrected chi connectivity index (χ1v) is 11.2. The van der Waals surface area contributed by atoms with Crippen molar-refractivity contribution in [2.24, 2.45) is 5.16 Å². The molecule has 0 saturated carbocycles. The van der Waals surface area contributed by atoms with Crippen molar-refractivity contribution in [3.63, 3.8) is 0 Å². The van der Waals surface area contributed by atoms with E-state index in [0.29, 0.717) is 17.7 Å². The highest BCUT2D eigenvalue weighted by Gasteiger charge is 2.53. The van der Waals surface area contributed by atoms with E-state index in [0.717, 1.165) is 16.2 Å². The van der Waals surface area contributed by atoms with Crippen molar-refractivity contribution in [3.8, 4) is 0 Å². The van der Waals surface area contributed by atoms with E-state index in [9.17, 15) is 24.7 Å². The van der Waals surface area contributed by atoms with Crippen LogP contribution >= 0.6 is 34.7 Å². The molecule has 2 aromatic heterocycles. The van der Waals surface area contributed by atoms with Crippen molar-refractivity contribution in [3.05, 3.63) is 45.2 Å². The summed E-state index contributed by atoms with van der Waals surface area (Å²) in [7, 11) is 0. The second-order valence-corrected chi connectivity index (χ2v) is 9.55. The number of hydrogen-bond donors (Lipinski definition) is 4. The molecule has 1 saturated heterocycles. The van der Waals surface area contributed by atoms with Gasteiger partial charge in [0, 0.05) is 22.2 Å². The highest BCUT2D eigenvalue weighted by atomic mass is 35.5. The fourth-order valence-corrected chi connectivity index (χ4v) is 5.52. The van der Waals surface area contributed by atoms with Gasteiger partial charge in [0.15, 0.2) is 10.8 Å². The first kappa shape index (κ1) is 22.0. The molecular weight excluding hydrogens is 480 g/mol. The molecule has 1 fully saturated rings. The van der Waals surface area contributed by atoms with E-state index in [1.165, 1.54) is 16.7 Å². The number of carboxylic acid groups (broad SMARTS) is 1. The molecule has 166 valence electrons. The molecule has 4 rings (SSSR count). The van der Waals surface area contributed by atoms with E-state index >= 15 is 0 Å². The molecule has 14 heteroatoms. The third kappa shape index (κ3) is 3.89. The Hall–Kier alpha value is -3.16. The summed E-state index contributed by atoms with van der Waals surface area (Å²) in [5.41, 5.74) is 4.85. The van der Waals surface area contributed by atoms with Gasteiger partial charge in [0.05, 0.1) is 6.04 Å². The number of aromatic nitrogens is 2. The number of oxime groups is 1. The van der Waals surface area contributed by atoms with E-state index in [-0.39, 0.29) is 20.9 Å². The normalized spacial score (nSPS) is 20.6. The van der Waals surface area contributed by atoms with Crippen molar-refractivity contribution in [2.75, 3.05) is 5.73 Å². The van der Waals surface area contributed by atoms with E-state index in [4.69, 9.17) is 17.3 Å². The van der Waals surface area contributed by atoms with Gasteiger partial charge in [-0.1, -0.05) is 39.9 Å². The average molecular weight is 495 g/mol. The predicted molar refractivity (Wildman–Crippen MR) is 116 cm³/mol. The quantitative estimate of drug-likeness (QED) is 0.201. The van der Waals surface area contributed by atoms with Crippen LogP contribution in [0.4, 0.5) is 5.13 Å². The van der Waals surface area contributed by atoms with E-state index in [1.807, 2.05) is 0 Å². The van der Waals surface area contributed by atoms with Crippen LogP contribution < -0.4 is 11.1 Å². The summed E-state index contributed by atoms with van der Waals surface area (Å²) in [4.78, 5) is 47.7. The smallest absolute Gasteiger partial charge is 0.353 e. The van der Waals surface area contributed by atoms with Crippen LogP contribution in [-0.2, 0) is 14.4 Å². The lowest BCUT2D eigenvalue weighted by Gasteiger charge is -2.50. The van der Waals surface area contributed by atoms with Gasteiger partial charge in [0.1, 0.15) is 21.8 Å². The zero-order valence-electron chi connectivity index (χ0n) is 16.1. The van der Waals surface area contributed by atoms with Crippen molar-refractivity contribution in [1.82, 2.24) is 20.2 Å². The van der Waals surface area contributed by atoms with Gasteiger partial charge in [-0.05, 0) is 25.0 Å². The molecule has 2 aromatic rings. The van der Waals surface area contributed by atoms with Gasteiger partial charge in [0.25, 0.3) is 11.8 Å². The Morgan fingerprint density at radius 1 is 1.38 bits per heavy atom. The molecule has 2 aliphatic heterocycles. The van der Waals surface area contributed by atoms with Crippen LogP contribution in [0.25, 0.3) is 0 Å². The van der Waals surface area contributed by atoms with Crippen molar-refractivity contribution in [2.45, 2.75) is 29.8 Å². The second-order valence-electron chi connectivity index (χ2n) is 6.75. The minimum Gasteiger partial charge on any atom is -0.477 e. The molecular formula is C18H15ClN6O5S2. The third-order valence-electron chi connectivity index (χ3n) is 4.91. The maximum atomic E-state index is 12.8. The highest BCUT2D eigenvalue weighted by Crippen LogP contribution is 2.43. The maximum Gasteiger partial charge on any atom is 0.353 e. The second kappa shape index (κ2) is 8.76. The number of hydrogen-bond acceptors (Lipinski definition) is 10. The van der Waals surface area contributed by atoms with Crippen molar-refractivity contribution < 1.29 is 24.7 Å². The van der Waals surface area contributed by atoms with Gasteiger partial charge in [-0.25, -0.2) is 9.78 Å². The van der Waals surface area contributed by atoms with Gasteiger partial charge in [-0.2, -0.15) is 0 Å². The molecule has 11 nitrogen and oxygen atoms in total. The topological polar surface area (TPSA) is 171 Å². The number of nitrogens with zero attached hydrogens (tertiary/aromatic N) is 4. The molecule has 2 aliphatic rings. The van der Waals surface area contributed by atoms with Crippen LogP contribution in [0, 0.1) is 0 Å². The summed E-state index contributed by atoms with van der Waals surface area (Å²) < 4.78 is 0.0542. The summed E-state index contributed by atoms with van der Waals surface area (Å²) in [5, 5.41) is 24.5. The maximum absolute atomic E-state index is 12.8. The average Bonchev–Trinajstić information content (AvgIpc) is 3.10. The lowest BCUT2D eigenvalue weighted by atomic mass is 9.86. The van der Waals surface area contributed by atoms with Crippen molar-refractivity contribution >= 4 is 63.3 Å². The number of thiazole rings is 1. The van der Waals surface area contributed by atoms with Gasteiger partial charge >= 0.3 is 5.97 Å². The number of aliphatic carboxylic acids is 1. The summed E-state index contributed by atoms with van der Waals surface area (Å²) in [5.74, 6) is -2.68. The Kier molecular flexibility index (Phi) is 6.04. The number of pyridine rings is 1. The number of nitrogens with two attached hydrogens (primary N) is 1. The number of carbonyl (C=O) groups is 3. The minimum atomic E-state index is -1.23. The first-order chi connectivity index (χ1) is 15.3. The lowest BCUT2D eigenvalue weighted by Crippen LogP contribution is -2.72. The third-order valence-corrected chi connectivity index (χ3v) is 7.15. The van der Waals surface area contributed by atoms with Crippen LogP contribution in [0.1, 0.15) is 18.5 Å². The number of amides is 2. The monoisotopic (exact) mass is 494 g/mol. The minimum absolute atomic E-state index is 0.0542.